The molecule has 0 spiro atoms. The van der Waals surface area contributed by atoms with Crippen LogP contribution < -0.4 is 0 Å². The van der Waals surface area contributed by atoms with Crippen LogP contribution in [0.4, 0.5) is 0 Å². The number of nitrogens with zero attached hydrogens (tertiary/aromatic N) is 1. The molecular formula is C4H4NO2S2-. The fourth-order valence-corrected chi connectivity index (χ4v) is 1.49. The average molecular weight is 162 g/mol. The molecule has 0 bridgehead atoms. The lowest BCUT2D eigenvalue weighted by molar-refractivity contribution is 0.535. The summed E-state index contributed by atoms with van der Waals surface area (Å²) in [6, 6.07) is 0. The lowest BCUT2D eigenvalue weighted by atomic mass is 10.6. The lowest BCUT2D eigenvalue weighted by Crippen LogP contribution is -1.92. The highest BCUT2D eigenvalue weighted by molar-refractivity contribution is 7.78. The van der Waals surface area contributed by atoms with Crippen LogP contribution in [0.1, 0.15) is 5.69 Å². The Bertz CT molecular complexity index is 196. The molecule has 0 aliphatic heterocycles. The van der Waals surface area contributed by atoms with Crippen LogP contribution in [0.15, 0.2) is 10.9 Å². The Morgan fingerprint density at radius 2 is 2.67 bits per heavy atom. The molecule has 0 aliphatic carbocycles. The van der Waals surface area contributed by atoms with Crippen LogP contribution in [0.3, 0.4) is 0 Å². The van der Waals surface area contributed by atoms with Gasteiger partial charge in [-0.05, 0) is 11.1 Å². The molecule has 0 aliphatic rings. The summed E-state index contributed by atoms with van der Waals surface area (Å²) in [6.07, 6.45) is 0. The molecule has 0 N–H and O–H groups in total. The summed E-state index contributed by atoms with van der Waals surface area (Å²) in [5.41, 5.74) is 2.23. The highest BCUT2D eigenvalue weighted by atomic mass is 32.2. The number of hydrogen-bond donors (Lipinski definition) is 0. The average Bonchev–Trinajstić information content (AvgIpc) is 2.15. The first-order chi connectivity index (χ1) is 4.29. The fraction of sp³-hybridized carbons (Fsp3) is 0.250. The van der Waals surface area contributed by atoms with E-state index >= 15 is 0 Å². The van der Waals surface area contributed by atoms with Gasteiger partial charge in [-0.1, -0.05) is 0 Å². The van der Waals surface area contributed by atoms with Crippen LogP contribution in [0.2, 0.25) is 0 Å². The van der Waals surface area contributed by atoms with Gasteiger partial charge in [0.25, 0.3) is 0 Å². The zero-order chi connectivity index (χ0) is 6.69. The van der Waals surface area contributed by atoms with E-state index < -0.39 is 11.1 Å². The van der Waals surface area contributed by atoms with Gasteiger partial charge in [0.15, 0.2) is 0 Å². The van der Waals surface area contributed by atoms with Gasteiger partial charge in [-0.25, -0.2) is 4.98 Å². The van der Waals surface area contributed by atoms with Crippen molar-refractivity contribution in [2.45, 2.75) is 5.75 Å². The second-order valence-corrected chi connectivity index (χ2v) is 3.04. The number of aromatic nitrogens is 1. The Morgan fingerprint density at radius 3 is 3.11 bits per heavy atom. The maximum atomic E-state index is 10.0. The Morgan fingerprint density at radius 1 is 1.89 bits per heavy atom. The van der Waals surface area contributed by atoms with Gasteiger partial charge < -0.3 is 4.55 Å². The fourth-order valence-electron chi connectivity index (χ4n) is 0.430. The van der Waals surface area contributed by atoms with Crippen LogP contribution in [-0.4, -0.2) is 13.7 Å². The summed E-state index contributed by atoms with van der Waals surface area (Å²) < 4.78 is 20.1. The molecule has 9 heavy (non-hydrogen) atoms. The molecule has 1 heterocycles. The predicted octanol–water partition coefficient (Wildman–Crippen LogP) is 0.522. The molecule has 50 valence electrons. The van der Waals surface area contributed by atoms with Gasteiger partial charge >= 0.3 is 0 Å². The first kappa shape index (κ1) is 6.85. The van der Waals surface area contributed by atoms with E-state index in [2.05, 4.69) is 4.98 Å². The Labute approximate surface area is 59.0 Å². The van der Waals surface area contributed by atoms with E-state index in [4.69, 9.17) is 0 Å². The molecule has 0 saturated heterocycles. The second-order valence-electron chi connectivity index (χ2n) is 1.43. The Balaban J connectivity index is 2.58. The van der Waals surface area contributed by atoms with Gasteiger partial charge in [-0.15, -0.1) is 11.3 Å². The molecule has 0 amide bonds. The van der Waals surface area contributed by atoms with Crippen molar-refractivity contribution in [2.75, 3.05) is 0 Å². The largest absolute Gasteiger partial charge is 0.772 e. The molecular weight excluding hydrogens is 158 g/mol. The van der Waals surface area contributed by atoms with Gasteiger partial charge in [0.05, 0.1) is 17.0 Å². The molecule has 5 heteroatoms. The van der Waals surface area contributed by atoms with Gasteiger partial charge in [0, 0.05) is 5.38 Å². The topological polar surface area (TPSA) is 53.0 Å². The molecule has 0 radical (unpaired) electrons. The zero-order valence-electron chi connectivity index (χ0n) is 4.44. The maximum absolute atomic E-state index is 10.0. The summed E-state index contributed by atoms with van der Waals surface area (Å²) in [6.45, 7) is 0. The van der Waals surface area contributed by atoms with Gasteiger partial charge in [-0.3, -0.25) is 4.21 Å². The summed E-state index contributed by atoms with van der Waals surface area (Å²) in [4.78, 5) is 3.78. The third kappa shape index (κ3) is 2.21. The smallest absolute Gasteiger partial charge is 0.0795 e. The molecule has 0 aromatic carbocycles. The van der Waals surface area contributed by atoms with E-state index in [1.165, 1.54) is 11.3 Å². The summed E-state index contributed by atoms with van der Waals surface area (Å²) in [5.74, 6) is 0.0312. The van der Waals surface area contributed by atoms with E-state index in [-0.39, 0.29) is 5.75 Å². The highest BCUT2D eigenvalue weighted by Gasteiger charge is 1.91. The predicted molar refractivity (Wildman–Crippen MR) is 34.7 cm³/mol. The number of rotatable bonds is 2. The summed E-state index contributed by atoms with van der Waals surface area (Å²) >= 11 is -0.604. The van der Waals surface area contributed by atoms with Crippen molar-refractivity contribution in [3.8, 4) is 0 Å². The maximum Gasteiger partial charge on any atom is 0.0795 e. The zero-order valence-corrected chi connectivity index (χ0v) is 6.08. The van der Waals surface area contributed by atoms with E-state index in [1.807, 2.05) is 0 Å². The first-order valence-electron chi connectivity index (χ1n) is 2.22. The quantitative estimate of drug-likeness (QED) is 0.596. The second kappa shape index (κ2) is 3.05. The minimum Gasteiger partial charge on any atom is -0.772 e. The monoisotopic (exact) mass is 162 g/mol. The summed E-state index contributed by atoms with van der Waals surface area (Å²) in [7, 11) is 0. The van der Waals surface area contributed by atoms with Crippen LogP contribution in [0.5, 0.6) is 0 Å². The molecule has 1 atom stereocenters. The molecule has 0 saturated carbocycles. The van der Waals surface area contributed by atoms with Gasteiger partial charge in [0.1, 0.15) is 0 Å². The highest BCUT2D eigenvalue weighted by Crippen LogP contribution is 2.02. The third-order valence-electron chi connectivity index (χ3n) is 0.749. The van der Waals surface area contributed by atoms with E-state index in [0.29, 0.717) is 5.69 Å². The van der Waals surface area contributed by atoms with E-state index in [1.54, 1.807) is 10.9 Å². The number of thiazole rings is 1. The van der Waals surface area contributed by atoms with Crippen molar-refractivity contribution in [1.82, 2.24) is 4.98 Å². The van der Waals surface area contributed by atoms with Crippen molar-refractivity contribution >= 4 is 22.4 Å². The first-order valence-corrected chi connectivity index (χ1v) is 4.40. The van der Waals surface area contributed by atoms with Crippen molar-refractivity contribution in [3.05, 3.63) is 16.6 Å². The SMILES string of the molecule is O=S([O-])Cc1cscn1. The molecule has 1 aromatic rings. The Kier molecular flexibility index (Phi) is 2.32. The molecule has 3 nitrogen and oxygen atoms in total. The summed E-state index contributed by atoms with van der Waals surface area (Å²) in [5, 5.41) is 1.72. The lowest BCUT2D eigenvalue weighted by Gasteiger charge is -1.98. The minimum absolute atomic E-state index is 0.0312. The molecule has 1 aromatic heterocycles. The normalized spacial score (nSPS) is 13.4. The van der Waals surface area contributed by atoms with Crippen molar-refractivity contribution in [3.63, 3.8) is 0 Å². The van der Waals surface area contributed by atoms with Crippen molar-refractivity contribution in [2.24, 2.45) is 0 Å². The van der Waals surface area contributed by atoms with Crippen LogP contribution in [-0.2, 0) is 16.8 Å². The van der Waals surface area contributed by atoms with E-state index in [0.717, 1.165) is 0 Å². The molecule has 1 unspecified atom stereocenters. The van der Waals surface area contributed by atoms with E-state index in [9.17, 15) is 8.76 Å². The van der Waals surface area contributed by atoms with Crippen LogP contribution in [0, 0.1) is 0 Å². The van der Waals surface area contributed by atoms with Gasteiger partial charge in [0.2, 0.25) is 0 Å². The van der Waals surface area contributed by atoms with Crippen LogP contribution >= 0.6 is 11.3 Å². The van der Waals surface area contributed by atoms with Gasteiger partial charge in [-0.2, -0.15) is 0 Å². The minimum atomic E-state index is -2.00. The third-order valence-corrected chi connectivity index (χ3v) is 1.92. The van der Waals surface area contributed by atoms with Crippen LogP contribution in [0.25, 0.3) is 0 Å². The molecule has 0 fully saturated rings. The molecule has 1 rings (SSSR count). The van der Waals surface area contributed by atoms with Crippen molar-refractivity contribution < 1.29 is 8.76 Å². The Hall–Kier alpha value is -0.260. The number of hydrogen-bond acceptors (Lipinski definition) is 4. The van der Waals surface area contributed by atoms with Crippen molar-refractivity contribution in [1.29, 1.82) is 0 Å². The standard InChI is InChI=1S/C4H5NO2S2/c6-9(7)2-4-1-8-3-5-4/h1,3H,2H2,(H,6,7)/p-1.